The lowest BCUT2D eigenvalue weighted by Crippen LogP contribution is -2.55. The molecule has 0 saturated carbocycles. The largest absolute Gasteiger partial charge is 0.481 e. The van der Waals surface area contributed by atoms with Crippen molar-refractivity contribution in [2.75, 3.05) is 26.2 Å². The van der Waals surface area contributed by atoms with Crippen molar-refractivity contribution in [2.24, 2.45) is 23.7 Å². The van der Waals surface area contributed by atoms with Gasteiger partial charge in [-0.25, -0.2) is 0 Å². The summed E-state index contributed by atoms with van der Waals surface area (Å²) >= 11 is 0. The predicted octanol–water partition coefficient (Wildman–Crippen LogP) is 0.670. The standard InChI is InChI=1S/C15H24N2O4/c1-9(2)5-16-6-11(4-13(16)18)14(19)17-7-12(8-17)10(3)15(20)21/h9-12H,4-8H2,1-3H3,(H,20,21). The Labute approximate surface area is 125 Å². The second-order valence-corrected chi connectivity index (χ2v) is 6.72. The van der Waals surface area contributed by atoms with E-state index >= 15 is 0 Å². The van der Waals surface area contributed by atoms with Crippen LogP contribution in [0.1, 0.15) is 27.2 Å². The van der Waals surface area contributed by atoms with E-state index in [1.54, 1.807) is 16.7 Å². The molecule has 2 aliphatic heterocycles. The van der Waals surface area contributed by atoms with Crippen molar-refractivity contribution < 1.29 is 19.5 Å². The topological polar surface area (TPSA) is 77.9 Å². The summed E-state index contributed by atoms with van der Waals surface area (Å²) in [4.78, 5) is 38.6. The Morgan fingerprint density at radius 2 is 1.86 bits per heavy atom. The molecule has 2 fully saturated rings. The van der Waals surface area contributed by atoms with Gasteiger partial charge in [0.25, 0.3) is 0 Å². The number of rotatable bonds is 5. The molecule has 6 heteroatoms. The van der Waals surface area contributed by atoms with E-state index in [2.05, 4.69) is 13.8 Å². The number of aliphatic carboxylic acids is 1. The maximum atomic E-state index is 12.3. The molecule has 1 N–H and O–H groups in total. The summed E-state index contributed by atoms with van der Waals surface area (Å²) in [6, 6.07) is 0. The summed E-state index contributed by atoms with van der Waals surface area (Å²) in [5, 5.41) is 8.95. The van der Waals surface area contributed by atoms with Gasteiger partial charge in [-0.15, -0.1) is 0 Å². The molecule has 2 heterocycles. The van der Waals surface area contributed by atoms with Crippen LogP contribution in [0.15, 0.2) is 0 Å². The van der Waals surface area contributed by atoms with Crippen LogP contribution in [0.5, 0.6) is 0 Å². The normalized spacial score (nSPS) is 24.4. The first-order valence-corrected chi connectivity index (χ1v) is 7.59. The van der Waals surface area contributed by atoms with Crippen molar-refractivity contribution in [1.82, 2.24) is 9.80 Å². The lowest BCUT2D eigenvalue weighted by Gasteiger charge is -2.42. The molecule has 2 unspecified atom stereocenters. The monoisotopic (exact) mass is 296 g/mol. The molecule has 0 aromatic heterocycles. The van der Waals surface area contributed by atoms with E-state index in [9.17, 15) is 14.4 Å². The van der Waals surface area contributed by atoms with E-state index in [0.29, 0.717) is 38.5 Å². The van der Waals surface area contributed by atoms with Gasteiger partial charge in [-0.1, -0.05) is 20.8 Å². The smallest absolute Gasteiger partial charge is 0.306 e. The van der Waals surface area contributed by atoms with E-state index in [0.717, 1.165) is 0 Å². The lowest BCUT2D eigenvalue weighted by molar-refractivity contribution is -0.152. The number of hydrogen-bond acceptors (Lipinski definition) is 3. The summed E-state index contributed by atoms with van der Waals surface area (Å²) < 4.78 is 0. The summed E-state index contributed by atoms with van der Waals surface area (Å²) in [6.45, 7) is 7.99. The van der Waals surface area contributed by atoms with Gasteiger partial charge in [-0.3, -0.25) is 14.4 Å². The average molecular weight is 296 g/mol. The molecule has 0 radical (unpaired) electrons. The van der Waals surface area contributed by atoms with Crippen molar-refractivity contribution in [3.05, 3.63) is 0 Å². The average Bonchev–Trinajstić information content (AvgIpc) is 2.67. The van der Waals surface area contributed by atoms with Gasteiger partial charge in [0.05, 0.1) is 11.8 Å². The minimum Gasteiger partial charge on any atom is -0.481 e. The predicted molar refractivity (Wildman–Crippen MR) is 76.4 cm³/mol. The number of amides is 2. The highest BCUT2D eigenvalue weighted by molar-refractivity contribution is 5.89. The zero-order valence-corrected chi connectivity index (χ0v) is 12.9. The van der Waals surface area contributed by atoms with Crippen LogP contribution in [0.3, 0.4) is 0 Å². The quantitative estimate of drug-likeness (QED) is 0.809. The minimum atomic E-state index is -0.814. The SMILES string of the molecule is CC(C)CN1CC(C(=O)N2CC(C(C)C(=O)O)C2)CC1=O. The number of carbonyl (C=O) groups excluding carboxylic acids is 2. The number of carboxylic acid groups (broad SMARTS) is 1. The molecule has 2 saturated heterocycles. The summed E-state index contributed by atoms with van der Waals surface area (Å²) in [7, 11) is 0. The highest BCUT2D eigenvalue weighted by Crippen LogP contribution is 2.28. The maximum absolute atomic E-state index is 12.3. The Bertz CT molecular complexity index is 443. The highest BCUT2D eigenvalue weighted by atomic mass is 16.4. The number of carboxylic acids is 1. The van der Waals surface area contributed by atoms with Crippen molar-refractivity contribution in [1.29, 1.82) is 0 Å². The third-order valence-corrected chi connectivity index (χ3v) is 4.47. The van der Waals surface area contributed by atoms with Gasteiger partial charge in [0.1, 0.15) is 0 Å². The van der Waals surface area contributed by atoms with E-state index < -0.39 is 11.9 Å². The van der Waals surface area contributed by atoms with Crippen LogP contribution in [-0.2, 0) is 14.4 Å². The molecule has 2 amide bonds. The van der Waals surface area contributed by atoms with Crippen LogP contribution >= 0.6 is 0 Å². The zero-order chi connectivity index (χ0) is 15.7. The van der Waals surface area contributed by atoms with Crippen molar-refractivity contribution in [3.8, 4) is 0 Å². The number of likely N-dealkylation sites (tertiary alicyclic amines) is 2. The first-order valence-electron chi connectivity index (χ1n) is 7.59. The Kier molecular flexibility index (Phi) is 4.54. The molecule has 0 spiro atoms. The molecule has 0 aromatic rings. The van der Waals surface area contributed by atoms with Crippen LogP contribution in [0.2, 0.25) is 0 Å². The molecule has 118 valence electrons. The first-order chi connectivity index (χ1) is 9.79. The minimum absolute atomic E-state index is 0.00319. The second kappa shape index (κ2) is 6.03. The third-order valence-electron chi connectivity index (χ3n) is 4.47. The fraction of sp³-hybridized carbons (Fsp3) is 0.800. The molecule has 2 aliphatic rings. The van der Waals surface area contributed by atoms with Crippen LogP contribution < -0.4 is 0 Å². The van der Waals surface area contributed by atoms with Gasteiger partial charge < -0.3 is 14.9 Å². The molecule has 2 atom stereocenters. The van der Waals surface area contributed by atoms with Crippen LogP contribution in [0, 0.1) is 23.7 Å². The van der Waals surface area contributed by atoms with Gasteiger partial charge in [-0.2, -0.15) is 0 Å². The zero-order valence-electron chi connectivity index (χ0n) is 12.9. The molecule has 0 aliphatic carbocycles. The molecular weight excluding hydrogens is 272 g/mol. The molecule has 21 heavy (non-hydrogen) atoms. The Morgan fingerprint density at radius 1 is 1.24 bits per heavy atom. The summed E-state index contributed by atoms with van der Waals surface area (Å²) in [5.74, 6) is -0.996. The highest BCUT2D eigenvalue weighted by Gasteiger charge is 2.42. The Balaban J connectivity index is 1.83. The summed E-state index contributed by atoms with van der Waals surface area (Å²) in [6.07, 6.45) is 0.293. The van der Waals surface area contributed by atoms with Crippen molar-refractivity contribution in [2.45, 2.75) is 27.2 Å². The van der Waals surface area contributed by atoms with E-state index in [-0.39, 0.29) is 23.7 Å². The van der Waals surface area contributed by atoms with Crippen molar-refractivity contribution >= 4 is 17.8 Å². The number of nitrogens with zero attached hydrogens (tertiary/aromatic N) is 2. The number of hydrogen-bond donors (Lipinski definition) is 1. The Hall–Kier alpha value is -1.59. The van der Waals surface area contributed by atoms with E-state index in [1.165, 1.54) is 0 Å². The number of carbonyl (C=O) groups is 3. The van der Waals surface area contributed by atoms with E-state index in [1.807, 2.05) is 0 Å². The summed E-state index contributed by atoms with van der Waals surface area (Å²) in [5.41, 5.74) is 0. The molecule has 2 rings (SSSR count). The van der Waals surface area contributed by atoms with Gasteiger partial charge in [0, 0.05) is 38.5 Å². The first kappa shape index (κ1) is 15.8. The van der Waals surface area contributed by atoms with Gasteiger partial charge in [0.2, 0.25) is 11.8 Å². The molecule has 0 bridgehead atoms. The third kappa shape index (κ3) is 3.36. The van der Waals surface area contributed by atoms with Crippen LogP contribution in [0.4, 0.5) is 0 Å². The fourth-order valence-electron chi connectivity index (χ4n) is 3.02. The maximum Gasteiger partial charge on any atom is 0.306 e. The Morgan fingerprint density at radius 3 is 2.38 bits per heavy atom. The molecular formula is C15H24N2O4. The second-order valence-electron chi connectivity index (χ2n) is 6.72. The van der Waals surface area contributed by atoms with Crippen LogP contribution in [0.25, 0.3) is 0 Å². The van der Waals surface area contributed by atoms with Crippen molar-refractivity contribution in [3.63, 3.8) is 0 Å². The lowest BCUT2D eigenvalue weighted by atomic mass is 9.86. The van der Waals surface area contributed by atoms with Gasteiger partial charge in [0.15, 0.2) is 0 Å². The fourth-order valence-corrected chi connectivity index (χ4v) is 3.02. The van der Waals surface area contributed by atoms with E-state index in [4.69, 9.17) is 5.11 Å². The van der Waals surface area contributed by atoms with Crippen LogP contribution in [-0.4, -0.2) is 58.9 Å². The van der Waals surface area contributed by atoms with Gasteiger partial charge in [-0.05, 0) is 5.92 Å². The molecule has 6 nitrogen and oxygen atoms in total. The molecule has 0 aromatic carbocycles. The van der Waals surface area contributed by atoms with Gasteiger partial charge >= 0.3 is 5.97 Å².